The third kappa shape index (κ3) is 4.64. The summed E-state index contributed by atoms with van der Waals surface area (Å²) in [5, 5.41) is 12.3. The number of carbonyl (C=O) groups excluding carboxylic acids is 1. The maximum absolute atomic E-state index is 13.1. The maximum Gasteiger partial charge on any atom is 0.320 e. The molecular formula is C22H24N2O3S. The molecule has 0 aliphatic carbocycles. The molecule has 5 nitrogen and oxygen atoms in total. The molecule has 1 aliphatic heterocycles. The summed E-state index contributed by atoms with van der Waals surface area (Å²) in [6, 6.07) is 14.9. The highest BCUT2D eigenvalue weighted by Gasteiger charge is 2.24. The normalized spacial score (nSPS) is 13.4. The van der Waals surface area contributed by atoms with E-state index in [-0.39, 0.29) is 12.3 Å². The molecule has 1 heterocycles. The van der Waals surface area contributed by atoms with Gasteiger partial charge >= 0.3 is 5.97 Å². The molecule has 1 amide bonds. The number of carboxylic acid groups (broad SMARTS) is 1. The molecular weight excluding hydrogens is 372 g/mol. The Morgan fingerprint density at radius 3 is 2.14 bits per heavy atom. The summed E-state index contributed by atoms with van der Waals surface area (Å²) in [6.45, 7) is 0.318. The highest BCUT2D eigenvalue weighted by molar-refractivity contribution is 7.98. The van der Waals surface area contributed by atoms with Crippen molar-refractivity contribution < 1.29 is 14.7 Å². The smallest absolute Gasteiger partial charge is 0.320 e. The van der Waals surface area contributed by atoms with Crippen LogP contribution in [0, 0.1) is 0 Å². The minimum absolute atomic E-state index is 0.0647. The molecule has 0 unspecified atom stereocenters. The lowest BCUT2D eigenvalue weighted by atomic mass is 10.1. The van der Waals surface area contributed by atoms with Crippen LogP contribution in [0.5, 0.6) is 0 Å². The monoisotopic (exact) mass is 396 g/mol. The van der Waals surface area contributed by atoms with E-state index in [2.05, 4.69) is 5.32 Å². The van der Waals surface area contributed by atoms with Gasteiger partial charge in [-0.05, 0) is 41.7 Å². The number of carbonyl (C=O) groups is 2. The summed E-state index contributed by atoms with van der Waals surface area (Å²) in [5.74, 6) is -0.183. The van der Waals surface area contributed by atoms with Crippen molar-refractivity contribution in [1.29, 1.82) is 0 Å². The standard InChI is InChI=1S/C22H24N2O3S/c1-28-15-13-18(22(26)27)23-14-12-21(25)24-19-8-4-2-6-16(19)10-11-17-7-3-5-9-20(17)24/h2-11,18,23H,12-15H2,1H3,(H,26,27)/t18-/m0/s1. The third-order valence-corrected chi connectivity index (χ3v) is 5.33. The summed E-state index contributed by atoms with van der Waals surface area (Å²) in [4.78, 5) is 26.3. The molecule has 0 spiro atoms. The van der Waals surface area contributed by atoms with Gasteiger partial charge in [-0.3, -0.25) is 14.5 Å². The number of benzene rings is 2. The third-order valence-electron chi connectivity index (χ3n) is 4.69. The van der Waals surface area contributed by atoms with Crippen LogP contribution in [-0.2, 0) is 9.59 Å². The predicted molar refractivity (Wildman–Crippen MR) is 116 cm³/mol. The number of hydrogen-bond acceptors (Lipinski definition) is 4. The lowest BCUT2D eigenvalue weighted by molar-refractivity contribution is -0.139. The van der Waals surface area contributed by atoms with Crippen LogP contribution in [0.25, 0.3) is 12.2 Å². The zero-order valence-electron chi connectivity index (χ0n) is 15.8. The van der Waals surface area contributed by atoms with Crippen LogP contribution in [-0.4, -0.2) is 41.6 Å². The number of anilines is 2. The minimum Gasteiger partial charge on any atom is -0.480 e. The van der Waals surface area contributed by atoms with Crippen molar-refractivity contribution >= 4 is 47.2 Å². The highest BCUT2D eigenvalue weighted by Crippen LogP contribution is 2.36. The van der Waals surface area contributed by atoms with Gasteiger partial charge < -0.3 is 10.4 Å². The number of fused-ring (bicyclic) bond motifs is 2. The number of thioether (sulfide) groups is 1. The van der Waals surface area contributed by atoms with E-state index in [0.717, 1.165) is 28.3 Å². The highest BCUT2D eigenvalue weighted by atomic mass is 32.2. The Morgan fingerprint density at radius 1 is 1.04 bits per heavy atom. The van der Waals surface area contributed by atoms with E-state index in [1.165, 1.54) is 0 Å². The molecule has 1 aliphatic rings. The SMILES string of the molecule is CSCC[C@H](NCCC(=O)N1c2ccccc2C=Cc2ccccc21)C(=O)O. The Morgan fingerprint density at radius 2 is 1.61 bits per heavy atom. The summed E-state index contributed by atoms with van der Waals surface area (Å²) in [6.07, 6.45) is 6.73. The Kier molecular flexibility index (Phi) is 6.90. The topological polar surface area (TPSA) is 69.6 Å². The van der Waals surface area contributed by atoms with E-state index in [1.54, 1.807) is 16.7 Å². The van der Waals surface area contributed by atoms with E-state index < -0.39 is 12.0 Å². The predicted octanol–water partition coefficient (Wildman–Crippen LogP) is 4.02. The molecule has 1 atom stereocenters. The number of rotatable bonds is 8. The van der Waals surface area contributed by atoms with E-state index in [9.17, 15) is 14.7 Å². The maximum atomic E-state index is 13.1. The van der Waals surface area contributed by atoms with Gasteiger partial charge in [0.05, 0.1) is 11.4 Å². The first-order chi connectivity index (χ1) is 13.6. The number of aliphatic carboxylic acids is 1. The second kappa shape index (κ2) is 9.57. The van der Waals surface area contributed by atoms with Gasteiger partial charge in [-0.2, -0.15) is 11.8 Å². The van der Waals surface area contributed by atoms with Crippen molar-refractivity contribution in [3.63, 3.8) is 0 Å². The summed E-state index contributed by atoms with van der Waals surface area (Å²) < 4.78 is 0. The van der Waals surface area contributed by atoms with Gasteiger partial charge in [0.25, 0.3) is 0 Å². The molecule has 0 fully saturated rings. The fourth-order valence-corrected chi connectivity index (χ4v) is 3.73. The van der Waals surface area contributed by atoms with Crippen molar-refractivity contribution in [3.8, 4) is 0 Å². The first kappa shape index (κ1) is 20.2. The first-order valence-electron chi connectivity index (χ1n) is 9.26. The minimum atomic E-state index is -0.879. The van der Waals surface area contributed by atoms with Crippen molar-refractivity contribution in [2.45, 2.75) is 18.9 Å². The number of hydrogen-bond donors (Lipinski definition) is 2. The van der Waals surface area contributed by atoms with Crippen LogP contribution in [0.15, 0.2) is 48.5 Å². The van der Waals surface area contributed by atoms with Crippen LogP contribution < -0.4 is 10.2 Å². The van der Waals surface area contributed by atoms with Gasteiger partial charge in [0.1, 0.15) is 6.04 Å². The van der Waals surface area contributed by atoms with Crippen LogP contribution >= 0.6 is 11.8 Å². The van der Waals surface area contributed by atoms with Gasteiger partial charge in [0.2, 0.25) is 5.91 Å². The first-order valence-corrected chi connectivity index (χ1v) is 10.7. The Labute approximate surface area is 169 Å². The fraction of sp³-hybridized carbons (Fsp3) is 0.273. The van der Waals surface area contributed by atoms with Crippen LogP contribution in [0.3, 0.4) is 0 Å². The van der Waals surface area contributed by atoms with Gasteiger partial charge in [0.15, 0.2) is 0 Å². The number of amides is 1. The van der Waals surface area contributed by atoms with Crippen molar-refractivity contribution in [3.05, 3.63) is 59.7 Å². The molecule has 2 N–H and O–H groups in total. The van der Waals surface area contributed by atoms with Gasteiger partial charge in [-0.1, -0.05) is 48.6 Å². The molecule has 0 saturated heterocycles. The van der Waals surface area contributed by atoms with Gasteiger partial charge in [0, 0.05) is 13.0 Å². The van der Waals surface area contributed by atoms with Crippen LogP contribution in [0.4, 0.5) is 11.4 Å². The van der Waals surface area contributed by atoms with Gasteiger partial charge in [-0.25, -0.2) is 0 Å². The summed E-state index contributed by atoms with van der Waals surface area (Å²) in [5.41, 5.74) is 3.63. The molecule has 0 saturated carbocycles. The summed E-state index contributed by atoms with van der Waals surface area (Å²) in [7, 11) is 0. The van der Waals surface area contributed by atoms with Gasteiger partial charge in [-0.15, -0.1) is 0 Å². The lowest BCUT2D eigenvalue weighted by Gasteiger charge is -2.25. The molecule has 2 aromatic rings. The quantitative estimate of drug-likeness (QED) is 0.705. The van der Waals surface area contributed by atoms with Crippen LogP contribution in [0.1, 0.15) is 24.0 Å². The zero-order chi connectivity index (χ0) is 19.9. The second-order valence-electron chi connectivity index (χ2n) is 6.56. The summed E-state index contributed by atoms with van der Waals surface area (Å²) >= 11 is 1.61. The average molecular weight is 397 g/mol. The Balaban J connectivity index is 1.78. The molecule has 3 rings (SSSR count). The zero-order valence-corrected chi connectivity index (χ0v) is 16.6. The van der Waals surface area contributed by atoms with Crippen molar-refractivity contribution in [2.75, 3.05) is 23.5 Å². The van der Waals surface area contributed by atoms with Crippen LogP contribution in [0.2, 0.25) is 0 Å². The second-order valence-corrected chi connectivity index (χ2v) is 7.54. The van der Waals surface area contributed by atoms with E-state index >= 15 is 0 Å². The molecule has 6 heteroatoms. The number of para-hydroxylation sites is 2. The number of nitrogens with zero attached hydrogens (tertiary/aromatic N) is 1. The van der Waals surface area contributed by atoms with Crippen molar-refractivity contribution in [2.24, 2.45) is 0 Å². The molecule has 0 bridgehead atoms. The Bertz CT molecular complexity index is 832. The van der Waals surface area contributed by atoms with E-state index in [4.69, 9.17) is 0 Å². The largest absolute Gasteiger partial charge is 0.480 e. The molecule has 146 valence electrons. The molecule has 2 aromatic carbocycles. The number of nitrogens with one attached hydrogen (secondary N) is 1. The van der Waals surface area contributed by atoms with E-state index in [0.29, 0.717) is 13.0 Å². The Hall–Kier alpha value is -2.57. The molecule has 0 radical (unpaired) electrons. The van der Waals surface area contributed by atoms with E-state index in [1.807, 2.05) is 66.9 Å². The number of carboxylic acids is 1. The van der Waals surface area contributed by atoms with Crippen molar-refractivity contribution in [1.82, 2.24) is 5.32 Å². The fourth-order valence-electron chi connectivity index (χ4n) is 3.26. The average Bonchev–Trinajstić information content (AvgIpc) is 2.87. The molecule has 0 aromatic heterocycles. The molecule has 28 heavy (non-hydrogen) atoms. The lowest BCUT2D eigenvalue weighted by Crippen LogP contribution is -2.39.